The van der Waals surface area contributed by atoms with Crippen LogP contribution in [0.3, 0.4) is 0 Å². The Morgan fingerprint density at radius 1 is 1.29 bits per heavy atom. The second-order valence-corrected chi connectivity index (χ2v) is 5.96. The van der Waals surface area contributed by atoms with E-state index in [-0.39, 0.29) is 24.2 Å². The summed E-state index contributed by atoms with van der Waals surface area (Å²) in [6.07, 6.45) is 0.953. The van der Waals surface area contributed by atoms with Crippen molar-refractivity contribution in [3.8, 4) is 0 Å². The third-order valence-electron chi connectivity index (χ3n) is 4.13. The van der Waals surface area contributed by atoms with Gasteiger partial charge >= 0.3 is 0 Å². The van der Waals surface area contributed by atoms with Gasteiger partial charge in [0.15, 0.2) is 0 Å². The molecule has 0 bridgehead atoms. The molecule has 1 saturated heterocycles. The first-order valence-corrected chi connectivity index (χ1v) is 7.72. The summed E-state index contributed by atoms with van der Waals surface area (Å²) in [6, 6.07) is 9.82. The van der Waals surface area contributed by atoms with E-state index in [1.54, 1.807) is 7.11 Å². The van der Waals surface area contributed by atoms with E-state index in [0.29, 0.717) is 12.5 Å². The molecule has 2 rings (SSSR count). The monoisotopic (exact) mass is 290 g/mol. The van der Waals surface area contributed by atoms with Gasteiger partial charge in [0.2, 0.25) is 5.91 Å². The third kappa shape index (κ3) is 3.27. The van der Waals surface area contributed by atoms with Crippen LogP contribution in [-0.2, 0) is 9.53 Å². The van der Waals surface area contributed by atoms with Crippen molar-refractivity contribution in [1.29, 1.82) is 0 Å². The summed E-state index contributed by atoms with van der Waals surface area (Å²) < 4.78 is 5.30. The molecule has 0 radical (unpaired) electrons. The minimum absolute atomic E-state index is 0.0582. The zero-order valence-corrected chi connectivity index (χ0v) is 13.4. The number of ether oxygens (including phenoxy) is 1. The van der Waals surface area contributed by atoms with Gasteiger partial charge in [-0.05, 0) is 17.9 Å². The molecule has 1 aliphatic heterocycles. The topological polar surface area (TPSA) is 41.6 Å². The fourth-order valence-electron chi connectivity index (χ4n) is 3.00. The van der Waals surface area contributed by atoms with Crippen LogP contribution < -0.4 is 5.32 Å². The second kappa shape index (κ2) is 7.05. The number of hydrogen-bond acceptors (Lipinski definition) is 3. The minimum Gasteiger partial charge on any atom is -0.383 e. The van der Waals surface area contributed by atoms with Gasteiger partial charge in [0, 0.05) is 7.11 Å². The smallest absolute Gasteiger partial charge is 0.245 e. The lowest BCUT2D eigenvalue weighted by Crippen LogP contribution is -2.48. The maximum absolute atomic E-state index is 12.9. The predicted octanol–water partition coefficient (Wildman–Crippen LogP) is 2.57. The molecule has 0 aliphatic carbocycles. The molecule has 1 heterocycles. The molecule has 1 aromatic rings. The molecule has 1 fully saturated rings. The lowest BCUT2D eigenvalue weighted by molar-refractivity contribution is -0.134. The molecule has 3 atom stereocenters. The van der Waals surface area contributed by atoms with E-state index >= 15 is 0 Å². The zero-order valence-electron chi connectivity index (χ0n) is 13.4. The lowest BCUT2D eigenvalue weighted by atomic mass is 10.1. The fraction of sp³-hybridized carbons (Fsp3) is 0.588. The van der Waals surface area contributed by atoms with Gasteiger partial charge in [-0.2, -0.15) is 0 Å². The van der Waals surface area contributed by atoms with Crippen molar-refractivity contribution in [2.45, 2.75) is 45.4 Å². The average Bonchev–Trinajstić information content (AvgIpc) is 2.83. The number of nitrogens with zero attached hydrogens (tertiary/aromatic N) is 1. The van der Waals surface area contributed by atoms with Crippen LogP contribution in [0.15, 0.2) is 30.3 Å². The van der Waals surface area contributed by atoms with Crippen molar-refractivity contribution in [3.05, 3.63) is 35.9 Å². The molecule has 21 heavy (non-hydrogen) atoms. The normalized spacial score (nSPS) is 23.9. The Hall–Kier alpha value is -1.39. The third-order valence-corrected chi connectivity index (χ3v) is 4.13. The molecule has 4 heteroatoms. The van der Waals surface area contributed by atoms with E-state index in [9.17, 15) is 4.79 Å². The van der Waals surface area contributed by atoms with Crippen LogP contribution in [0.2, 0.25) is 0 Å². The van der Waals surface area contributed by atoms with Gasteiger partial charge in [-0.15, -0.1) is 0 Å². The summed E-state index contributed by atoms with van der Waals surface area (Å²) in [7, 11) is 1.69. The molecule has 1 aromatic carbocycles. The number of benzene rings is 1. The summed E-state index contributed by atoms with van der Waals surface area (Å²) in [4.78, 5) is 14.9. The molecular formula is C17H26N2O2. The molecule has 3 unspecified atom stereocenters. The van der Waals surface area contributed by atoms with Gasteiger partial charge in [-0.1, -0.05) is 51.1 Å². The number of rotatable bonds is 6. The molecule has 1 amide bonds. The van der Waals surface area contributed by atoms with E-state index < -0.39 is 0 Å². The van der Waals surface area contributed by atoms with Gasteiger partial charge in [-0.3, -0.25) is 10.1 Å². The summed E-state index contributed by atoms with van der Waals surface area (Å²) in [5, 5.41) is 3.50. The Labute approximate surface area is 127 Å². The molecule has 116 valence electrons. The minimum atomic E-state index is -0.246. The van der Waals surface area contributed by atoms with Gasteiger partial charge in [0.25, 0.3) is 0 Å². The highest BCUT2D eigenvalue weighted by Crippen LogP contribution is 2.29. The van der Waals surface area contributed by atoms with E-state index in [1.165, 1.54) is 0 Å². The molecule has 1 N–H and O–H groups in total. The first kappa shape index (κ1) is 16.0. The summed E-state index contributed by atoms with van der Waals surface area (Å²) in [6.45, 7) is 6.97. The Bertz CT molecular complexity index is 461. The quantitative estimate of drug-likeness (QED) is 0.875. The van der Waals surface area contributed by atoms with Gasteiger partial charge in [0.05, 0.1) is 18.8 Å². The van der Waals surface area contributed by atoms with Crippen molar-refractivity contribution in [2.24, 2.45) is 5.92 Å². The number of carbonyl (C=O) groups excluding carboxylic acids is 1. The Morgan fingerprint density at radius 2 is 1.95 bits per heavy atom. The van der Waals surface area contributed by atoms with Crippen molar-refractivity contribution in [2.75, 3.05) is 13.7 Å². The molecule has 1 aliphatic rings. The van der Waals surface area contributed by atoms with Crippen LogP contribution in [-0.4, -0.2) is 36.7 Å². The first-order valence-electron chi connectivity index (χ1n) is 7.72. The molecule has 0 saturated carbocycles. The summed E-state index contributed by atoms with van der Waals surface area (Å²) in [5.74, 6) is 0.511. The molecule has 0 aromatic heterocycles. The van der Waals surface area contributed by atoms with E-state index in [4.69, 9.17) is 4.74 Å². The van der Waals surface area contributed by atoms with Crippen molar-refractivity contribution < 1.29 is 9.53 Å². The van der Waals surface area contributed by atoms with Gasteiger partial charge in [0.1, 0.15) is 6.04 Å². The number of methoxy groups -OCH3 is 1. The van der Waals surface area contributed by atoms with Gasteiger partial charge in [-0.25, -0.2) is 0 Å². The molecular weight excluding hydrogens is 264 g/mol. The highest BCUT2D eigenvalue weighted by atomic mass is 16.5. The fourth-order valence-corrected chi connectivity index (χ4v) is 3.00. The maximum atomic E-state index is 12.9. The number of nitrogens with one attached hydrogen (secondary N) is 1. The Kier molecular flexibility index (Phi) is 5.37. The predicted molar refractivity (Wildman–Crippen MR) is 83.7 cm³/mol. The lowest BCUT2D eigenvalue weighted by Gasteiger charge is -2.33. The second-order valence-electron chi connectivity index (χ2n) is 5.96. The summed E-state index contributed by atoms with van der Waals surface area (Å²) >= 11 is 0. The first-order chi connectivity index (χ1) is 10.1. The van der Waals surface area contributed by atoms with E-state index in [0.717, 1.165) is 12.0 Å². The number of amides is 1. The Balaban J connectivity index is 2.28. The van der Waals surface area contributed by atoms with Crippen molar-refractivity contribution in [3.63, 3.8) is 0 Å². The van der Waals surface area contributed by atoms with Crippen LogP contribution in [0.1, 0.15) is 38.8 Å². The summed E-state index contributed by atoms with van der Waals surface area (Å²) in [5.41, 5.74) is 1.03. The SMILES string of the molecule is CCC(COC)N1C(=O)C(c2ccccc2)NC1C(C)C. The molecule has 4 nitrogen and oxygen atoms in total. The number of carbonyl (C=O) groups is 1. The van der Waals surface area contributed by atoms with Crippen LogP contribution in [0.5, 0.6) is 0 Å². The van der Waals surface area contributed by atoms with E-state index in [2.05, 4.69) is 26.1 Å². The average molecular weight is 290 g/mol. The van der Waals surface area contributed by atoms with Crippen molar-refractivity contribution in [1.82, 2.24) is 10.2 Å². The van der Waals surface area contributed by atoms with Crippen LogP contribution in [0, 0.1) is 5.92 Å². The van der Waals surface area contributed by atoms with Gasteiger partial charge < -0.3 is 9.64 Å². The van der Waals surface area contributed by atoms with E-state index in [1.807, 2.05) is 35.2 Å². The largest absolute Gasteiger partial charge is 0.383 e. The highest BCUT2D eigenvalue weighted by Gasteiger charge is 2.43. The molecule has 0 spiro atoms. The Morgan fingerprint density at radius 3 is 2.48 bits per heavy atom. The van der Waals surface area contributed by atoms with Crippen molar-refractivity contribution >= 4 is 5.91 Å². The number of hydrogen-bond donors (Lipinski definition) is 1. The van der Waals surface area contributed by atoms with Crippen LogP contribution in [0.4, 0.5) is 0 Å². The standard InChI is InChI=1S/C17H26N2O2/c1-5-14(11-21-4)19-16(12(2)3)18-15(17(19)20)13-9-7-6-8-10-13/h6-10,12,14-16,18H,5,11H2,1-4H3. The highest BCUT2D eigenvalue weighted by molar-refractivity contribution is 5.86. The maximum Gasteiger partial charge on any atom is 0.245 e. The van der Waals surface area contributed by atoms with Crippen LogP contribution >= 0.6 is 0 Å². The zero-order chi connectivity index (χ0) is 15.4. The van der Waals surface area contributed by atoms with Crippen LogP contribution in [0.25, 0.3) is 0 Å².